The Morgan fingerprint density at radius 2 is 2.11 bits per heavy atom. The van der Waals surface area contributed by atoms with E-state index in [2.05, 4.69) is 15.4 Å². The quantitative estimate of drug-likeness (QED) is 0.570. The van der Waals surface area contributed by atoms with Crippen molar-refractivity contribution in [1.29, 1.82) is 0 Å². The first kappa shape index (κ1) is 12.3. The molecular formula is C12H13FN4O. The molecule has 0 saturated heterocycles. The van der Waals surface area contributed by atoms with E-state index in [4.69, 9.17) is 10.9 Å². The fourth-order valence-corrected chi connectivity index (χ4v) is 1.53. The van der Waals surface area contributed by atoms with Crippen LogP contribution >= 0.6 is 0 Å². The van der Waals surface area contributed by atoms with Gasteiger partial charge in [0.05, 0.1) is 0 Å². The van der Waals surface area contributed by atoms with Gasteiger partial charge >= 0.3 is 0 Å². The number of hydrogen-bond donors (Lipinski definition) is 3. The molecule has 0 radical (unpaired) electrons. The zero-order valence-electron chi connectivity index (χ0n) is 9.81. The summed E-state index contributed by atoms with van der Waals surface area (Å²) in [5.74, 6) is 5.04. The van der Waals surface area contributed by atoms with E-state index in [-0.39, 0.29) is 0 Å². The topological polar surface area (TPSA) is 84.1 Å². The van der Waals surface area contributed by atoms with Crippen molar-refractivity contribution in [2.75, 3.05) is 5.43 Å². The van der Waals surface area contributed by atoms with E-state index in [1.165, 1.54) is 12.1 Å². The number of hydrogen-bond acceptors (Lipinski definition) is 5. The number of benzene rings is 1. The molecule has 0 spiro atoms. The smallest absolute Gasteiger partial charge is 0.165 e. The highest BCUT2D eigenvalue weighted by molar-refractivity contribution is 5.58. The lowest BCUT2D eigenvalue weighted by Gasteiger charge is -2.07. The van der Waals surface area contributed by atoms with E-state index in [0.29, 0.717) is 23.6 Å². The lowest BCUT2D eigenvalue weighted by Crippen LogP contribution is -2.10. The lowest BCUT2D eigenvalue weighted by atomic mass is 10.2. The van der Waals surface area contributed by atoms with Gasteiger partial charge in [0.25, 0.3) is 0 Å². The average molecular weight is 248 g/mol. The molecule has 1 aromatic carbocycles. The van der Waals surface area contributed by atoms with Gasteiger partial charge in [0.1, 0.15) is 5.82 Å². The Bertz CT molecular complexity index is 552. The summed E-state index contributed by atoms with van der Waals surface area (Å²) in [5.41, 5.74) is 3.72. The number of nitrogens with two attached hydrogens (primary N) is 1. The van der Waals surface area contributed by atoms with Crippen molar-refractivity contribution >= 4 is 5.82 Å². The maximum Gasteiger partial charge on any atom is 0.165 e. The minimum Gasteiger partial charge on any atom is -0.505 e. The van der Waals surface area contributed by atoms with Crippen molar-refractivity contribution in [3.05, 3.63) is 35.8 Å². The fourth-order valence-electron chi connectivity index (χ4n) is 1.53. The third kappa shape index (κ3) is 2.38. The standard InChI is InChI=1S/C12H13FN4O/c1-2-8-6-11(17-14)16-12(15-8)7-3-4-10(18)9(13)5-7/h3-6,18H,2,14H2,1H3,(H,15,16,17). The first-order valence-electron chi connectivity index (χ1n) is 5.47. The minimum atomic E-state index is -0.708. The van der Waals surface area contributed by atoms with E-state index >= 15 is 0 Å². The van der Waals surface area contributed by atoms with Gasteiger partial charge in [-0.1, -0.05) is 6.92 Å². The van der Waals surface area contributed by atoms with Crippen molar-refractivity contribution < 1.29 is 9.50 Å². The summed E-state index contributed by atoms with van der Waals surface area (Å²) < 4.78 is 13.3. The third-order valence-corrected chi connectivity index (χ3v) is 2.50. The Hall–Kier alpha value is -2.21. The first-order valence-corrected chi connectivity index (χ1v) is 5.47. The van der Waals surface area contributed by atoms with E-state index in [1.807, 2.05) is 6.92 Å². The summed E-state index contributed by atoms with van der Waals surface area (Å²) in [5, 5.41) is 9.14. The lowest BCUT2D eigenvalue weighted by molar-refractivity contribution is 0.432. The summed E-state index contributed by atoms with van der Waals surface area (Å²) in [7, 11) is 0. The molecule has 0 unspecified atom stereocenters. The van der Waals surface area contributed by atoms with Crippen LogP contribution < -0.4 is 11.3 Å². The molecule has 18 heavy (non-hydrogen) atoms. The second kappa shape index (κ2) is 4.97. The molecule has 0 aliphatic rings. The molecule has 1 heterocycles. The van der Waals surface area contributed by atoms with Crippen molar-refractivity contribution in [2.45, 2.75) is 13.3 Å². The molecule has 2 rings (SSSR count). The number of halogens is 1. The summed E-state index contributed by atoms with van der Waals surface area (Å²) in [6.07, 6.45) is 0.713. The predicted octanol–water partition coefficient (Wildman–Crippen LogP) is 1.84. The normalized spacial score (nSPS) is 10.4. The van der Waals surface area contributed by atoms with Gasteiger partial charge in [-0.15, -0.1) is 0 Å². The molecule has 6 heteroatoms. The van der Waals surface area contributed by atoms with Crippen LogP contribution in [-0.2, 0) is 6.42 Å². The van der Waals surface area contributed by atoms with E-state index in [0.717, 1.165) is 5.69 Å². The van der Waals surface area contributed by atoms with Gasteiger partial charge in [-0.3, -0.25) is 0 Å². The van der Waals surface area contributed by atoms with Crippen LogP contribution in [0.5, 0.6) is 5.75 Å². The van der Waals surface area contributed by atoms with Crippen molar-refractivity contribution in [1.82, 2.24) is 9.97 Å². The van der Waals surface area contributed by atoms with Gasteiger partial charge in [0.15, 0.2) is 17.4 Å². The Balaban J connectivity index is 2.51. The largest absolute Gasteiger partial charge is 0.505 e. The molecule has 0 fully saturated rings. The second-order valence-corrected chi connectivity index (χ2v) is 3.73. The molecule has 5 nitrogen and oxygen atoms in total. The van der Waals surface area contributed by atoms with Crippen molar-refractivity contribution in [3.63, 3.8) is 0 Å². The highest BCUT2D eigenvalue weighted by Crippen LogP contribution is 2.23. The number of nitrogen functional groups attached to an aromatic ring is 1. The van der Waals surface area contributed by atoms with Crippen LogP contribution in [-0.4, -0.2) is 15.1 Å². The highest BCUT2D eigenvalue weighted by Gasteiger charge is 2.08. The van der Waals surface area contributed by atoms with Crippen LogP contribution in [0.1, 0.15) is 12.6 Å². The third-order valence-electron chi connectivity index (χ3n) is 2.50. The van der Waals surface area contributed by atoms with Gasteiger partial charge in [0, 0.05) is 17.3 Å². The van der Waals surface area contributed by atoms with E-state index < -0.39 is 11.6 Å². The zero-order chi connectivity index (χ0) is 13.1. The maximum atomic E-state index is 13.3. The monoisotopic (exact) mass is 248 g/mol. The summed E-state index contributed by atoms with van der Waals surface area (Å²) in [6, 6.07) is 5.72. The van der Waals surface area contributed by atoms with E-state index in [1.54, 1.807) is 12.1 Å². The van der Waals surface area contributed by atoms with Gasteiger partial charge in [-0.05, 0) is 24.6 Å². The fraction of sp³-hybridized carbons (Fsp3) is 0.167. The molecule has 0 saturated carbocycles. The van der Waals surface area contributed by atoms with Gasteiger partial charge < -0.3 is 10.5 Å². The average Bonchev–Trinajstić information content (AvgIpc) is 2.41. The molecule has 0 bridgehead atoms. The van der Waals surface area contributed by atoms with Crippen LogP contribution in [0.25, 0.3) is 11.4 Å². The number of anilines is 1. The molecule has 4 N–H and O–H groups in total. The van der Waals surface area contributed by atoms with Crippen LogP contribution in [0.2, 0.25) is 0 Å². The summed E-state index contributed by atoms with van der Waals surface area (Å²) in [6.45, 7) is 1.95. The van der Waals surface area contributed by atoms with Gasteiger partial charge in [0.2, 0.25) is 0 Å². The summed E-state index contributed by atoms with van der Waals surface area (Å²) in [4.78, 5) is 8.43. The van der Waals surface area contributed by atoms with Crippen LogP contribution in [0, 0.1) is 5.82 Å². The molecule has 0 aliphatic heterocycles. The Morgan fingerprint density at radius 1 is 1.33 bits per heavy atom. The number of phenolic OH excluding ortho intramolecular Hbond substituents is 1. The van der Waals surface area contributed by atoms with Crippen LogP contribution in [0.3, 0.4) is 0 Å². The van der Waals surface area contributed by atoms with Crippen molar-refractivity contribution in [3.8, 4) is 17.1 Å². The number of rotatable bonds is 3. The number of nitrogens with zero attached hydrogens (tertiary/aromatic N) is 2. The molecule has 1 aromatic heterocycles. The predicted molar refractivity (Wildman–Crippen MR) is 66.3 cm³/mol. The van der Waals surface area contributed by atoms with Gasteiger partial charge in [-0.25, -0.2) is 20.2 Å². The number of aromatic hydroxyl groups is 1. The molecule has 2 aromatic rings. The SMILES string of the molecule is CCc1cc(NN)nc(-c2ccc(O)c(F)c2)n1. The van der Waals surface area contributed by atoms with Crippen LogP contribution in [0.4, 0.5) is 10.2 Å². The maximum absolute atomic E-state index is 13.3. The number of aryl methyl sites for hydroxylation is 1. The number of hydrazine groups is 1. The van der Waals surface area contributed by atoms with Gasteiger partial charge in [-0.2, -0.15) is 0 Å². The Kier molecular flexibility index (Phi) is 3.38. The first-order chi connectivity index (χ1) is 8.63. The molecular weight excluding hydrogens is 235 g/mol. The Labute approximate surface area is 103 Å². The minimum absolute atomic E-state index is 0.362. The molecule has 0 amide bonds. The summed E-state index contributed by atoms with van der Waals surface area (Å²) >= 11 is 0. The highest BCUT2D eigenvalue weighted by atomic mass is 19.1. The molecule has 94 valence electrons. The number of phenols is 1. The Morgan fingerprint density at radius 3 is 2.72 bits per heavy atom. The second-order valence-electron chi connectivity index (χ2n) is 3.73. The zero-order valence-corrected chi connectivity index (χ0v) is 9.81. The number of nitrogens with one attached hydrogen (secondary N) is 1. The van der Waals surface area contributed by atoms with Crippen molar-refractivity contribution in [2.24, 2.45) is 5.84 Å². The van der Waals surface area contributed by atoms with Crippen LogP contribution in [0.15, 0.2) is 24.3 Å². The molecule has 0 atom stereocenters. The molecule has 0 aliphatic carbocycles. The number of aromatic nitrogens is 2. The van der Waals surface area contributed by atoms with E-state index in [9.17, 15) is 4.39 Å².